The van der Waals surface area contributed by atoms with Crippen molar-refractivity contribution in [2.45, 2.75) is 52.4 Å². The molecular weight excluding hydrogens is 322 g/mol. The summed E-state index contributed by atoms with van der Waals surface area (Å²) in [6.45, 7) is 6.45. The number of aliphatic carboxylic acids is 1. The summed E-state index contributed by atoms with van der Waals surface area (Å²) in [6.07, 6.45) is 0.625. The lowest BCUT2D eigenvalue weighted by molar-refractivity contribution is -0.311. The van der Waals surface area contributed by atoms with E-state index in [0.29, 0.717) is 19.4 Å². The van der Waals surface area contributed by atoms with Crippen LogP contribution in [0.1, 0.15) is 39.2 Å². The number of hydrogen-bond donors (Lipinski definition) is 0. The Labute approximate surface area is 148 Å². The van der Waals surface area contributed by atoms with E-state index in [0.717, 1.165) is 5.56 Å². The molecule has 6 nitrogen and oxygen atoms in total. The number of carboxylic acids is 1. The largest absolute Gasteiger partial charge is 0.548 e. The fraction of sp³-hybridized carbons (Fsp3) is 0.579. The van der Waals surface area contributed by atoms with Crippen LogP contribution in [-0.2, 0) is 20.9 Å². The summed E-state index contributed by atoms with van der Waals surface area (Å²) in [4.78, 5) is 24.9. The molecule has 0 N–H and O–H groups in total. The minimum Gasteiger partial charge on any atom is -0.548 e. The zero-order valence-corrected chi connectivity index (χ0v) is 15.1. The molecule has 1 heterocycles. The van der Waals surface area contributed by atoms with E-state index in [1.807, 2.05) is 30.3 Å². The third-order valence-electron chi connectivity index (χ3n) is 4.43. The highest BCUT2D eigenvalue weighted by atomic mass is 16.6. The Bertz CT molecular complexity index is 581. The molecule has 1 saturated heterocycles. The van der Waals surface area contributed by atoms with E-state index in [1.165, 1.54) is 0 Å². The number of ether oxygens (including phenoxy) is 2. The predicted molar refractivity (Wildman–Crippen MR) is 90.6 cm³/mol. The van der Waals surface area contributed by atoms with E-state index in [2.05, 4.69) is 20.8 Å². The molecule has 2 unspecified atom stereocenters. The number of carbonyl (C=O) groups is 2. The Morgan fingerprint density at radius 3 is 2.52 bits per heavy atom. The lowest BCUT2D eigenvalue weighted by Gasteiger charge is -2.45. The number of likely N-dealkylation sites (tertiary alicyclic amines) is 1. The van der Waals surface area contributed by atoms with Crippen molar-refractivity contribution in [2.75, 3.05) is 13.2 Å². The van der Waals surface area contributed by atoms with Crippen LogP contribution in [0.4, 0.5) is 4.79 Å². The van der Waals surface area contributed by atoms with E-state index >= 15 is 0 Å². The van der Waals surface area contributed by atoms with Gasteiger partial charge in [-0.3, -0.25) is 0 Å². The lowest BCUT2D eigenvalue weighted by atomic mass is 9.80. The average Bonchev–Trinajstić information content (AvgIpc) is 2.57. The number of benzene rings is 1. The molecule has 0 spiro atoms. The molecule has 1 fully saturated rings. The van der Waals surface area contributed by atoms with E-state index in [-0.39, 0.29) is 30.3 Å². The molecule has 1 aliphatic heterocycles. The predicted octanol–water partition coefficient (Wildman–Crippen LogP) is 1.97. The average molecular weight is 348 g/mol. The molecule has 2 rings (SSSR count). The van der Waals surface area contributed by atoms with E-state index in [4.69, 9.17) is 9.47 Å². The fourth-order valence-corrected chi connectivity index (χ4v) is 3.11. The van der Waals surface area contributed by atoms with Gasteiger partial charge in [0.05, 0.1) is 18.7 Å². The molecule has 1 amide bonds. The van der Waals surface area contributed by atoms with Crippen LogP contribution in [0.25, 0.3) is 0 Å². The molecule has 0 aromatic heterocycles. The van der Waals surface area contributed by atoms with E-state index in [1.54, 1.807) is 4.90 Å². The molecule has 0 aliphatic carbocycles. The molecule has 1 aromatic carbocycles. The fourth-order valence-electron chi connectivity index (χ4n) is 3.11. The number of nitrogens with zero attached hydrogens (tertiary/aromatic N) is 1. The molecule has 0 saturated carbocycles. The summed E-state index contributed by atoms with van der Waals surface area (Å²) < 4.78 is 10.9. The zero-order chi connectivity index (χ0) is 18.4. The Kier molecular flexibility index (Phi) is 6.42. The summed E-state index contributed by atoms with van der Waals surface area (Å²) in [5, 5.41) is 10.6. The van der Waals surface area contributed by atoms with Gasteiger partial charge in [-0.25, -0.2) is 4.79 Å². The highest BCUT2D eigenvalue weighted by Gasteiger charge is 2.39. The van der Waals surface area contributed by atoms with Gasteiger partial charge in [0.25, 0.3) is 0 Å². The van der Waals surface area contributed by atoms with Crippen molar-refractivity contribution in [1.29, 1.82) is 0 Å². The van der Waals surface area contributed by atoms with Gasteiger partial charge in [-0.15, -0.1) is 0 Å². The maximum Gasteiger partial charge on any atom is 0.410 e. The van der Waals surface area contributed by atoms with Crippen LogP contribution < -0.4 is 5.11 Å². The normalized spacial score (nSPS) is 21.0. The summed E-state index contributed by atoms with van der Waals surface area (Å²) >= 11 is 0. The molecule has 6 heteroatoms. The number of amides is 1. The van der Waals surface area contributed by atoms with Gasteiger partial charge in [0.15, 0.2) is 0 Å². The first-order chi connectivity index (χ1) is 11.8. The summed E-state index contributed by atoms with van der Waals surface area (Å²) in [7, 11) is 0. The molecule has 25 heavy (non-hydrogen) atoms. The van der Waals surface area contributed by atoms with Crippen LogP contribution in [0.2, 0.25) is 0 Å². The third-order valence-corrected chi connectivity index (χ3v) is 4.43. The Balaban J connectivity index is 1.97. The minimum atomic E-state index is -1.22. The number of carbonyl (C=O) groups excluding carboxylic acids is 2. The van der Waals surface area contributed by atoms with Gasteiger partial charge in [-0.05, 0) is 23.8 Å². The summed E-state index contributed by atoms with van der Waals surface area (Å²) in [5.41, 5.74) is 0.769. The summed E-state index contributed by atoms with van der Waals surface area (Å²) in [5.74, 6) is -1.22. The number of hydrogen-bond acceptors (Lipinski definition) is 5. The van der Waals surface area contributed by atoms with Gasteiger partial charge in [-0.2, -0.15) is 0 Å². The van der Waals surface area contributed by atoms with Gasteiger partial charge < -0.3 is 24.3 Å². The van der Waals surface area contributed by atoms with Gasteiger partial charge >= 0.3 is 6.09 Å². The highest BCUT2D eigenvalue weighted by Crippen LogP contribution is 2.33. The van der Waals surface area contributed by atoms with Gasteiger partial charge in [-0.1, -0.05) is 51.1 Å². The van der Waals surface area contributed by atoms with Gasteiger partial charge in [0, 0.05) is 12.6 Å². The highest BCUT2D eigenvalue weighted by molar-refractivity contribution is 5.68. The molecule has 1 aromatic rings. The van der Waals surface area contributed by atoms with Crippen molar-refractivity contribution in [2.24, 2.45) is 5.41 Å². The van der Waals surface area contributed by atoms with Crippen LogP contribution in [0.5, 0.6) is 0 Å². The van der Waals surface area contributed by atoms with E-state index in [9.17, 15) is 14.7 Å². The number of carboxylic acid groups (broad SMARTS) is 1. The van der Waals surface area contributed by atoms with Crippen LogP contribution >= 0.6 is 0 Å². The second-order valence-corrected chi connectivity index (χ2v) is 7.44. The van der Waals surface area contributed by atoms with E-state index < -0.39 is 12.6 Å². The van der Waals surface area contributed by atoms with Crippen molar-refractivity contribution < 1.29 is 24.2 Å². The first-order valence-electron chi connectivity index (χ1n) is 8.56. The first-order valence-corrected chi connectivity index (χ1v) is 8.56. The molecule has 138 valence electrons. The molecule has 0 bridgehead atoms. The number of piperidine rings is 1. The summed E-state index contributed by atoms with van der Waals surface area (Å²) in [6, 6.07) is 9.46. The smallest absolute Gasteiger partial charge is 0.410 e. The Morgan fingerprint density at radius 1 is 1.24 bits per heavy atom. The monoisotopic (exact) mass is 348 g/mol. The van der Waals surface area contributed by atoms with Crippen LogP contribution in [0.15, 0.2) is 30.3 Å². The Hall–Kier alpha value is -2.08. The first kappa shape index (κ1) is 19.2. The second kappa shape index (κ2) is 8.34. The van der Waals surface area contributed by atoms with Gasteiger partial charge in [0.1, 0.15) is 6.61 Å². The molecule has 0 radical (unpaired) electrons. The topological polar surface area (TPSA) is 78.9 Å². The molecular formula is C19H26NO5-. The second-order valence-electron chi connectivity index (χ2n) is 7.44. The van der Waals surface area contributed by atoms with Crippen molar-refractivity contribution in [3.63, 3.8) is 0 Å². The van der Waals surface area contributed by atoms with Crippen LogP contribution in [-0.4, -0.2) is 42.3 Å². The minimum absolute atomic E-state index is 0.0868. The van der Waals surface area contributed by atoms with Crippen molar-refractivity contribution in [3.8, 4) is 0 Å². The standard InChI is InChI=1S/C19H27NO5/c1-19(2,3)16-11-15(24-13-17(21)22)9-10-20(16)18(23)25-12-14-7-5-4-6-8-14/h4-8,15-16H,9-13H2,1-3H3,(H,21,22)/p-1. The quantitative estimate of drug-likeness (QED) is 0.813. The van der Waals surface area contributed by atoms with Crippen molar-refractivity contribution in [3.05, 3.63) is 35.9 Å². The third kappa shape index (κ3) is 5.74. The maximum absolute atomic E-state index is 12.6. The SMILES string of the molecule is CC(C)(C)C1CC(OCC(=O)[O-])CCN1C(=O)OCc1ccccc1. The van der Waals surface area contributed by atoms with Crippen LogP contribution in [0, 0.1) is 5.41 Å². The van der Waals surface area contributed by atoms with Crippen LogP contribution in [0.3, 0.4) is 0 Å². The van der Waals surface area contributed by atoms with Gasteiger partial charge in [0.2, 0.25) is 0 Å². The van der Waals surface area contributed by atoms with Crippen molar-refractivity contribution >= 4 is 12.1 Å². The zero-order valence-electron chi connectivity index (χ0n) is 15.1. The molecule has 2 atom stereocenters. The lowest BCUT2D eigenvalue weighted by Crippen LogP contribution is -2.54. The van der Waals surface area contributed by atoms with Crippen molar-refractivity contribution in [1.82, 2.24) is 4.90 Å². The molecule has 1 aliphatic rings. The Morgan fingerprint density at radius 2 is 1.92 bits per heavy atom. The number of rotatable bonds is 5. The maximum atomic E-state index is 12.6.